The molecular formula is C25H28IO2P. The summed E-state index contributed by atoms with van der Waals surface area (Å²) >= 11 is -0.138. The number of rotatable bonds is 7. The second-order valence-corrected chi connectivity index (χ2v) is 18.1. The Hall–Kier alpha value is -1.26. The molecule has 4 heteroatoms. The number of hydrogen-bond acceptors (Lipinski definition) is 2. The predicted octanol–water partition coefficient (Wildman–Crippen LogP) is 1.53. The fourth-order valence-electron chi connectivity index (χ4n) is 3.76. The number of alkyl halides is 1. The van der Waals surface area contributed by atoms with Crippen molar-refractivity contribution in [3.8, 4) is 0 Å². The van der Waals surface area contributed by atoms with Gasteiger partial charge in [-0.05, 0) is 0 Å². The Morgan fingerprint density at radius 2 is 1.24 bits per heavy atom. The molecule has 0 saturated carbocycles. The van der Waals surface area contributed by atoms with E-state index >= 15 is 0 Å². The molecule has 0 spiro atoms. The molecule has 0 bridgehead atoms. The summed E-state index contributed by atoms with van der Waals surface area (Å²) < 4.78 is 13.1. The third-order valence-corrected chi connectivity index (χ3v) is 18.8. The zero-order valence-electron chi connectivity index (χ0n) is 17.0. The van der Waals surface area contributed by atoms with Gasteiger partial charge >= 0.3 is 185 Å². The second kappa shape index (κ2) is 9.26. The zero-order chi connectivity index (χ0) is 20.2. The molecule has 0 N–H and O–H groups in total. The molecule has 0 radical (unpaired) electrons. The van der Waals surface area contributed by atoms with E-state index in [1.165, 1.54) is 20.3 Å². The molecule has 3 aromatic carbocycles. The van der Waals surface area contributed by atoms with Gasteiger partial charge in [0.1, 0.15) is 0 Å². The van der Waals surface area contributed by atoms with Crippen molar-refractivity contribution in [1.82, 2.24) is 0 Å². The fourth-order valence-corrected chi connectivity index (χ4v) is 17.3. The van der Waals surface area contributed by atoms with Gasteiger partial charge in [0.25, 0.3) is 0 Å². The quantitative estimate of drug-likeness (QED) is 0.269. The van der Waals surface area contributed by atoms with Gasteiger partial charge in [-0.25, -0.2) is 0 Å². The van der Waals surface area contributed by atoms with E-state index in [0.29, 0.717) is 6.61 Å². The molecule has 2 nitrogen and oxygen atoms in total. The minimum absolute atomic E-state index is 0.138. The average molecular weight is 518 g/mol. The molecule has 1 aliphatic heterocycles. The van der Waals surface area contributed by atoms with E-state index < -0.39 is 10.7 Å². The van der Waals surface area contributed by atoms with Gasteiger partial charge in [-0.15, -0.1) is 0 Å². The first-order chi connectivity index (χ1) is 14.1. The maximum atomic E-state index is 6.09. The van der Waals surface area contributed by atoms with Crippen molar-refractivity contribution in [2.75, 3.05) is 11.0 Å². The van der Waals surface area contributed by atoms with Crippen LogP contribution in [0.5, 0.6) is 0 Å². The Balaban J connectivity index is 1.70. The SMILES string of the molecule is CC1(C)OC[C@@H](CC[I-][P+](c2ccccc2)(c2ccccc2)c2ccccc2)O1. The summed E-state index contributed by atoms with van der Waals surface area (Å²) in [6, 6.07) is 33.5. The van der Waals surface area contributed by atoms with Crippen LogP contribution in [0.2, 0.25) is 0 Å². The average Bonchev–Trinajstić information content (AvgIpc) is 3.12. The fraction of sp³-hybridized carbons (Fsp3) is 0.280. The number of hydrogen-bond donors (Lipinski definition) is 0. The summed E-state index contributed by atoms with van der Waals surface area (Å²) in [6.45, 7) is 4.73. The van der Waals surface area contributed by atoms with Gasteiger partial charge in [0.15, 0.2) is 0 Å². The Morgan fingerprint density at radius 3 is 1.62 bits per heavy atom. The maximum absolute atomic E-state index is 6.09. The molecule has 152 valence electrons. The second-order valence-electron chi connectivity index (χ2n) is 7.64. The Bertz CT molecular complexity index is 803. The molecule has 1 aliphatic rings. The first-order valence-electron chi connectivity index (χ1n) is 10.1. The van der Waals surface area contributed by atoms with Crippen LogP contribution in [0.4, 0.5) is 0 Å². The van der Waals surface area contributed by atoms with E-state index in [9.17, 15) is 0 Å². The van der Waals surface area contributed by atoms with Crippen LogP contribution in [0.25, 0.3) is 0 Å². The van der Waals surface area contributed by atoms with Crippen molar-refractivity contribution in [3.05, 3.63) is 91.0 Å². The van der Waals surface area contributed by atoms with Crippen LogP contribution in [-0.2, 0) is 9.47 Å². The third kappa shape index (κ3) is 4.74. The minimum atomic E-state index is -1.63. The molecule has 0 amide bonds. The van der Waals surface area contributed by atoms with Gasteiger partial charge in [0.05, 0.1) is 0 Å². The molecule has 1 saturated heterocycles. The van der Waals surface area contributed by atoms with E-state index in [4.69, 9.17) is 9.47 Å². The molecule has 1 atom stereocenters. The summed E-state index contributed by atoms with van der Waals surface area (Å²) in [5, 5.41) is 4.48. The van der Waals surface area contributed by atoms with Gasteiger partial charge in [0.2, 0.25) is 0 Å². The van der Waals surface area contributed by atoms with Crippen LogP contribution in [0.3, 0.4) is 0 Å². The monoisotopic (exact) mass is 518 g/mol. The topological polar surface area (TPSA) is 18.5 Å². The van der Waals surface area contributed by atoms with Gasteiger partial charge in [-0.3, -0.25) is 0 Å². The van der Waals surface area contributed by atoms with E-state index in [2.05, 4.69) is 91.0 Å². The summed E-state index contributed by atoms with van der Waals surface area (Å²) in [5.74, 6) is -0.437. The van der Waals surface area contributed by atoms with E-state index in [1.807, 2.05) is 13.8 Å². The van der Waals surface area contributed by atoms with Crippen LogP contribution in [0, 0.1) is 0 Å². The van der Waals surface area contributed by atoms with E-state index in [1.54, 1.807) is 0 Å². The van der Waals surface area contributed by atoms with Crippen LogP contribution < -0.4 is 36.6 Å². The number of benzene rings is 3. The van der Waals surface area contributed by atoms with Gasteiger partial charge in [-0.1, -0.05) is 0 Å². The summed E-state index contributed by atoms with van der Waals surface area (Å²) in [4.78, 5) is -1.63. The first kappa shape index (κ1) is 21.0. The molecule has 1 heterocycles. The van der Waals surface area contributed by atoms with Crippen LogP contribution in [0.1, 0.15) is 20.3 Å². The van der Waals surface area contributed by atoms with Crippen molar-refractivity contribution in [2.24, 2.45) is 0 Å². The van der Waals surface area contributed by atoms with E-state index in [-0.39, 0.29) is 26.8 Å². The Labute approximate surface area is 184 Å². The van der Waals surface area contributed by atoms with Crippen molar-refractivity contribution in [2.45, 2.75) is 32.2 Å². The third-order valence-electron chi connectivity index (χ3n) is 5.10. The predicted molar refractivity (Wildman–Crippen MR) is 120 cm³/mol. The Morgan fingerprint density at radius 1 is 0.793 bits per heavy atom. The molecule has 4 rings (SSSR count). The normalized spacial score (nSPS) is 18.8. The molecule has 3 aromatic rings. The molecule has 0 unspecified atom stereocenters. The van der Waals surface area contributed by atoms with E-state index in [0.717, 1.165) is 6.42 Å². The first-order valence-corrected chi connectivity index (χ1v) is 16.2. The Kier molecular flexibility index (Phi) is 6.70. The summed E-state index contributed by atoms with van der Waals surface area (Å²) in [5.41, 5.74) is 0. The molecule has 29 heavy (non-hydrogen) atoms. The molecule has 0 aliphatic carbocycles. The standard InChI is InChI=1S/C25H28IO2P/c1-25(2)27-20-21(28-25)18-19-26-29(22-12-6-3-7-13-22,23-14-8-4-9-15-23)24-16-10-5-11-17-24/h3-17,21H,18-20H2,1-2H3/t21-/m1/s1. The van der Waals surface area contributed by atoms with Gasteiger partial charge < -0.3 is 0 Å². The molecule has 1 fully saturated rings. The number of halogens is 1. The van der Waals surface area contributed by atoms with Crippen LogP contribution in [-0.4, -0.2) is 22.9 Å². The van der Waals surface area contributed by atoms with Crippen LogP contribution >= 0.6 is 4.90 Å². The van der Waals surface area contributed by atoms with Crippen LogP contribution in [0.15, 0.2) is 91.0 Å². The zero-order valence-corrected chi connectivity index (χ0v) is 20.1. The number of ether oxygens (including phenoxy) is 2. The van der Waals surface area contributed by atoms with Crippen molar-refractivity contribution in [3.63, 3.8) is 0 Å². The molecular weight excluding hydrogens is 490 g/mol. The van der Waals surface area contributed by atoms with Gasteiger partial charge in [0, 0.05) is 0 Å². The van der Waals surface area contributed by atoms with Crippen molar-refractivity contribution >= 4 is 20.8 Å². The van der Waals surface area contributed by atoms with Gasteiger partial charge in [-0.2, -0.15) is 0 Å². The van der Waals surface area contributed by atoms with Crippen molar-refractivity contribution in [1.29, 1.82) is 0 Å². The summed E-state index contributed by atoms with van der Waals surface area (Å²) in [6.07, 6.45) is 1.29. The molecule has 0 aromatic heterocycles. The summed E-state index contributed by atoms with van der Waals surface area (Å²) in [7, 11) is 0. The van der Waals surface area contributed by atoms with Crippen molar-refractivity contribution < 1.29 is 30.1 Å².